The van der Waals surface area contributed by atoms with Crippen LogP contribution < -0.4 is 15.8 Å². The summed E-state index contributed by atoms with van der Waals surface area (Å²) in [4.78, 5) is 3.72. The van der Waals surface area contributed by atoms with Crippen molar-refractivity contribution in [3.8, 4) is 11.4 Å². The second-order valence-electron chi connectivity index (χ2n) is 5.78. The van der Waals surface area contributed by atoms with Gasteiger partial charge in [0, 0.05) is 5.69 Å². The Hall–Kier alpha value is -3.14. The molecule has 3 rings (SSSR count). The number of para-hydroxylation sites is 1. The molecule has 3 N–H and O–H groups in total. The highest BCUT2D eigenvalue weighted by Crippen LogP contribution is 2.23. The third kappa shape index (κ3) is 7.78. The number of alkyl halides is 3. The lowest BCUT2D eigenvalue weighted by molar-refractivity contribution is -0.274. The van der Waals surface area contributed by atoms with Crippen LogP contribution in [0.4, 0.5) is 18.9 Å². The summed E-state index contributed by atoms with van der Waals surface area (Å²) in [6, 6.07) is 13.4. The second kappa shape index (κ2) is 10.4. The van der Waals surface area contributed by atoms with Gasteiger partial charge in [-0.1, -0.05) is 31.5 Å². The molecule has 0 atom stereocenters. The van der Waals surface area contributed by atoms with Gasteiger partial charge >= 0.3 is 6.36 Å². The predicted octanol–water partition coefficient (Wildman–Crippen LogP) is 4.46. The molecule has 0 radical (unpaired) electrons. The summed E-state index contributed by atoms with van der Waals surface area (Å²) in [5.74, 6) is -0.267. The van der Waals surface area contributed by atoms with Gasteiger partial charge in [-0.05, 0) is 54.5 Å². The van der Waals surface area contributed by atoms with Crippen molar-refractivity contribution < 1.29 is 17.9 Å². The van der Waals surface area contributed by atoms with Crippen molar-refractivity contribution in [1.82, 2.24) is 14.8 Å². The molecule has 3 aromatic rings. The first-order valence-electron chi connectivity index (χ1n) is 8.63. The van der Waals surface area contributed by atoms with Gasteiger partial charge in [0.25, 0.3) is 0 Å². The lowest BCUT2D eigenvalue weighted by Crippen LogP contribution is -2.19. The Bertz CT molecular complexity index is 899. The number of ether oxygens (including phenoxy) is 1. The molecule has 0 saturated heterocycles. The molecular weight excluding hydrogens is 403 g/mol. The average molecular weight is 423 g/mol. The molecule has 0 spiro atoms. The Balaban J connectivity index is 0.000000212. The number of thiocarbonyl (C=S) groups is 1. The minimum absolute atomic E-state index is 0.267. The van der Waals surface area contributed by atoms with E-state index in [1.165, 1.54) is 47.2 Å². The van der Waals surface area contributed by atoms with E-state index in [4.69, 9.17) is 18.0 Å². The topological polar surface area (TPSA) is 78.0 Å². The maximum Gasteiger partial charge on any atom is 0.573 e. The molecule has 0 unspecified atom stereocenters. The van der Waals surface area contributed by atoms with Crippen LogP contribution in [0.15, 0.2) is 61.2 Å². The Morgan fingerprint density at radius 2 is 1.86 bits per heavy atom. The van der Waals surface area contributed by atoms with Gasteiger partial charge in [-0.2, -0.15) is 5.10 Å². The molecule has 29 heavy (non-hydrogen) atoms. The lowest BCUT2D eigenvalue weighted by atomic mass is 10.1. The fraction of sp³-hybridized carbons (Fsp3) is 0.211. The van der Waals surface area contributed by atoms with E-state index in [1.807, 2.05) is 18.2 Å². The first-order chi connectivity index (χ1) is 13.8. The van der Waals surface area contributed by atoms with Crippen molar-refractivity contribution in [3.63, 3.8) is 0 Å². The summed E-state index contributed by atoms with van der Waals surface area (Å²) >= 11 is 4.79. The van der Waals surface area contributed by atoms with Crippen LogP contribution in [-0.4, -0.2) is 26.2 Å². The third-order valence-corrected chi connectivity index (χ3v) is 3.65. The SMILES string of the molecule is CCCc1ccccc1NC(N)=S.FC(F)(F)Oc1ccc(-n2cncn2)cc1. The first kappa shape index (κ1) is 22.2. The predicted molar refractivity (Wildman–Crippen MR) is 109 cm³/mol. The maximum absolute atomic E-state index is 11.9. The fourth-order valence-corrected chi connectivity index (χ4v) is 2.51. The standard InChI is InChI=1S/C10H14N2S.C9H6F3N3O/c1-2-5-8-6-3-4-7-9(8)12-10(11)13;10-9(11,12)16-8-3-1-7(2-4-8)15-6-13-5-14-15/h3-4,6-7H,2,5H2,1H3,(H3,11,12,13);1-6H. The molecule has 6 nitrogen and oxygen atoms in total. The molecule has 10 heteroatoms. The van der Waals surface area contributed by atoms with Gasteiger partial charge < -0.3 is 15.8 Å². The van der Waals surface area contributed by atoms with E-state index < -0.39 is 6.36 Å². The zero-order chi connectivity index (χ0) is 21.3. The minimum atomic E-state index is -4.67. The van der Waals surface area contributed by atoms with Gasteiger partial charge in [-0.3, -0.25) is 0 Å². The summed E-state index contributed by atoms with van der Waals surface area (Å²) in [6.07, 6.45) is 0.274. The lowest BCUT2D eigenvalue weighted by Gasteiger charge is -2.09. The number of nitrogens with one attached hydrogen (secondary N) is 1. The van der Waals surface area contributed by atoms with Crippen molar-refractivity contribution in [2.45, 2.75) is 26.1 Å². The molecule has 0 aliphatic carbocycles. The van der Waals surface area contributed by atoms with E-state index in [9.17, 15) is 13.2 Å². The highest BCUT2D eigenvalue weighted by molar-refractivity contribution is 7.80. The van der Waals surface area contributed by atoms with E-state index in [0.29, 0.717) is 10.8 Å². The number of aromatic nitrogens is 3. The van der Waals surface area contributed by atoms with Crippen LogP contribution in [0.5, 0.6) is 5.75 Å². The third-order valence-electron chi connectivity index (χ3n) is 3.55. The number of hydrogen-bond donors (Lipinski definition) is 2. The summed E-state index contributed by atoms with van der Waals surface area (Å²) in [6.45, 7) is 2.15. The van der Waals surface area contributed by atoms with E-state index in [0.717, 1.165) is 18.5 Å². The molecule has 0 amide bonds. The molecule has 154 valence electrons. The molecule has 0 saturated carbocycles. The van der Waals surface area contributed by atoms with Crippen LogP contribution in [0, 0.1) is 0 Å². The molecule has 0 aliphatic rings. The van der Waals surface area contributed by atoms with Crippen molar-refractivity contribution in [1.29, 1.82) is 0 Å². The number of halogens is 3. The van der Waals surface area contributed by atoms with Crippen LogP contribution in [0.3, 0.4) is 0 Å². The molecule has 0 fully saturated rings. The van der Waals surface area contributed by atoms with E-state index >= 15 is 0 Å². The Morgan fingerprint density at radius 3 is 2.41 bits per heavy atom. The van der Waals surface area contributed by atoms with Crippen LogP contribution in [0.2, 0.25) is 0 Å². The van der Waals surface area contributed by atoms with Crippen molar-refractivity contribution in [2.24, 2.45) is 5.73 Å². The van der Waals surface area contributed by atoms with Gasteiger partial charge in [0.05, 0.1) is 5.69 Å². The van der Waals surface area contributed by atoms with E-state index in [1.54, 1.807) is 0 Å². The molecule has 0 aliphatic heterocycles. The zero-order valence-corrected chi connectivity index (χ0v) is 16.4. The number of anilines is 1. The Kier molecular flexibility index (Phi) is 7.96. The summed E-state index contributed by atoms with van der Waals surface area (Å²) in [5.41, 5.74) is 8.30. The quantitative estimate of drug-likeness (QED) is 0.590. The highest BCUT2D eigenvalue weighted by Gasteiger charge is 2.30. The summed E-state index contributed by atoms with van der Waals surface area (Å²) < 4.78 is 40.8. The van der Waals surface area contributed by atoms with Crippen molar-refractivity contribution in [2.75, 3.05) is 5.32 Å². The van der Waals surface area contributed by atoms with Crippen LogP contribution in [-0.2, 0) is 6.42 Å². The van der Waals surface area contributed by atoms with Crippen molar-refractivity contribution in [3.05, 3.63) is 66.7 Å². The van der Waals surface area contributed by atoms with Gasteiger partial charge in [-0.15, -0.1) is 13.2 Å². The van der Waals surface area contributed by atoms with Gasteiger partial charge in [-0.25, -0.2) is 9.67 Å². The molecular formula is C19H20F3N5OS. The first-order valence-corrected chi connectivity index (χ1v) is 9.04. The number of rotatable bonds is 5. The molecule has 1 aromatic heterocycles. The van der Waals surface area contributed by atoms with E-state index in [-0.39, 0.29) is 5.75 Å². The number of nitrogens with two attached hydrogens (primary N) is 1. The summed E-state index contributed by atoms with van der Waals surface area (Å²) in [7, 11) is 0. The van der Waals surface area contributed by atoms with Gasteiger partial charge in [0.1, 0.15) is 18.4 Å². The molecule has 1 heterocycles. The van der Waals surface area contributed by atoms with Crippen LogP contribution in [0.25, 0.3) is 5.69 Å². The van der Waals surface area contributed by atoms with Crippen LogP contribution in [0.1, 0.15) is 18.9 Å². The number of aryl methyl sites for hydroxylation is 1. The van der Waals surface area contributed by atoms with Gasteiger partial charge in [0.2, 0.25) is 0 Å². The minimum Gasteiger partial charge on any atom is -0.406 e. The second-order valence-corrected chi connectivity index (χ2v) is 6.22. The zero-order valence-electron chi connectivity index (χ0n) is 15.6. The average Bonchev–Trinajstić information content (AvgIpc) is 3.18. The highest BCUT2D eigenvalue weighted by atomic mass is 32.1. The fourth-order valence-electron chi connectivity index (χ4n) is 2.40. The molecule has 0 bridgehead atoms. The van der Waals surface area contributed by atoms with Gasteiger partial charge in [0.15, 0.2) is 5.11 Å². The Labute approximate surface area is 171 Å². The number of benzene rings is 2. The van der Waals surface area contributed by atoms with E-state index in [2.05, 4.69) is 33.1 Å². The Morgan fingerprint density at radius 1 is 1.17 bits per heavy atom. The van der Waals surface area contributed by atoms with Crippen molar-refractivity contribution >= 4 is 23.0 Å². The maximum atomic E-state index is 11.9. The smallest absolute Gasteiger partial charge is 0.406 e. The molecule has 2 aromatic carbocycles. The monoisotopic (exact) mass is 423 g/mol. The number of hydrogen-bond acceptors (Lipinski definition) is 4. The normalized spacial score (nSPS) is 10.6. The van der Waals surface area contributed by atoms with Crippen LogP contribution >= 0.6 is 12.2 Å². The number of nitrogens with zero attached hydrogens (tertiary/aromatic N) is 3. The largest absolute Gasteiger partial charge is 0.573 e. The summed E-state index contributed by atoms with van der Waals surface area (Å²) in [5, 5.41) is 7.12.